The molecule has 1 aromatic carbocycles. The second kappa shape index (κ2) is 6.21. The average molecular weight is 249 g/mol. The minimum Gasteiger partial charge on any atom is -0.491 e. The van der Waals surface area contributed by atoms with Gasteiger partial charge in [0.2, 0.25) is 0 Å². The summed E-state index contributed by atoms with van der Waals surface area (Å²) in [7, 11) is 0. The lowest BCUT2D eigenvalue weighted by atomic mass is 9.93. The van der Waals surface area contributed by atoms with E-state index in [0.29, 0.717) is 19.2 Å². The Morgan fingerprint density at radius 2 is 2.17 bits per heavy atom. The van der Waals surface area contributed by atoms with Crippen LogP contribution in [-0.4, -0.2) is 30.4 Å². The predicted molar refractivity (Wildman–Crippen MR) is 73.1 cm³/mol. The third-order valence-electron chi connectivity index (χ3n) is 3.52. The fourth-order valence-corrected chi connectivity index (χ4v) is 2.02. The maximum absolute atomic E-state index is 9.85. The molecule has 0 aromatic heterocycles. The zero-order valence-corrected chi connectivity index (χ0v) is 11.3. The molecule has 18 heavy (non-hydrogen) atoms. The second-order valence-corrected chi connectivity index (χ2v) is 5.27. The highest BCUT2D eigenvalue weighted by molar-refractivity contribution is 5.35. The van der Waals surface area contributed by atoms with E-state index in [2.05, 4.69) is 11.4 Å². The summed E-state index contributed by atoms with van der Waals surface area (Å²) >= 11 is 0. The van der Waals surface area contributed by atoms with Gasteiger partial charge in [0.05, 0.1) is 0 Å². The Balaban J connectivity index is 1.73. The van der Waals surface area contributed by atoms with Crippen LogP contribution < -0.4 is 10.1 Å². The smallest absolute Gasteiger partial charge is 0.122 e. The van der Waals surface area contributed by atoms with Crippen molar-refractivity contribution >= 4 is 0 Å². The van der Waals surface area contributed by atoms with Crippen molar-refractivity contribution in [2.45, 2.75) is 45.3 Å². The summed E-state index contributed by atoms with van der Waals surface area (Å²) in [6, 6.07) is 6.74. The number of nitrogens with one attached hydrogen (secondary N) is 1. The third kappa shape index (κ3) is 3.72. The van der Waals surface area contributed by atoms with Crippen LogP contribution in [0.4, 0.5) is 0 Å². The zero-order chi connectivity index (χ0) is 13.0. The highest BCUT2D eigenvalue weighted by Gasteiger charge is 2.17. The summed E-state index contributed by atoms with van der Waals surface area (Å²) in [6.45, 7) is 5.04. The molecule has 1 aromatic rings. The van der Waals surface area contributed by atoms with E-state index in [1.165, 1.54) is 24.8 Å². The summed E-state index contributed by atoms with van der Waals surface area (Å²) in [5, 5.41) is 13.2. The van der Waals surface area contributed by atoms with E-state index in [-0.39, 0.29) is 0 Å². The van der Waals surface area contributed by atoms with Crippen molar-refractivity contribution in [3.63, 3.8) is 0 Å². The Bertz CT molecular complexity index is 388. The number of hydrogen-bond acceptors (Lipinski definition) is 3. The van der Waals surface area contributed by atoms with Gasteiger partial charge in [0.15, 0.2) is 0 Å². The van der Waals surface area contributed by atoms with Crippen LogP contribution in [-0.2, 0) is 0 Å². The number of aliphatic hydroxyl groups is 1. The normalized spacial score (nSPS) is 17.3. The summed E-state index contributed by atoms with van der Waals surface area (Å²) in [5.74, 6) is 0.873. The molecule has 0 aliphatic heterocycles. The molecule has 1 atom stereocenters. The van der Waals surface area contributed by atoms with E-state index in [4.69, 9.17) is 4.74 Å². The topological polar surface area (TPSA) is 41.5 Å². The number of benzene rings is 1. The lowest BCUT2D eigenvalue weighted by Crippen LogP contribution is -2.41. The predicted octanol–water partition coefficient (Wildman–Crippen LogP) is 2.19. The van der Waals surface area contributed by atoms with E-state index >= 15 is 0 Å². The van der Waals surface area contributed by atoms with Gasteiger partial charge >= 0.3 is 0 Å². The molecule has 100 valence electrons. The lowest BCUT2D eigenvalue weighted by molar-refractivity contribution is 0.0993. The number of ether oxygens (including phenoxy) is 1. The Morgan fingerprint density at radius 1 is 1.39 bits per heavy atom. The van der Waals surface area contributed by atoms with Gasteiger partial charge in [-0.15, -0.1) is 0 Å². The maximum Gasteiger partial charge on any atom is 0.122 e. The highest BCUT2D eigenvalue weighted by Crippen LogP contribution is 2.20. The molecule has 0 spiro atoms. The van der Waals surface area contributed by atoms with E-state index in [1.54, 1.807) is 0 Å². The van der Waals surface area contributed by atoms with Gasteiger partial charge < -0.3 is 15.2 Å². The molecule has 0 amide bonds. The van der Waals surface area contributed by atoms with Crippen molar-refractivity contribution in [1.82, 2.24) is 5.32 Å². The van der Waals surface area contributed by atoms with Gasteiger partial charge in [-0.2, -0.15) is 0 Å². The molecule has 0 bridgehead atoms. The van der Waals surface area contributed by atoms with Crippen LogP contribution >= 0.6 is 0 Å². The monoisotopic (exact) mass is 249 g/mol. The van der Waals surface area contributed by atoms with Gasteiger partial charge in [-0.25, -0.2) is 0 Å². The van der Waals surface area contributed by atoms with Gasteiger partial charge in [-0.3, -0.25) is 0 Å². The minimum absolute atomic E-state index is 0.351. The van der Waals surface area contributed by atoms with Gasteiger partial charge in [0.1, 0.15) is 18.5 Å². The average Bonchev–Trinajstić information content (AvgIpc) is 2.28. The highest BCUT2D eigenvalue weighted by atomic mass is 16.5. The maximum atomic E-state index is 9.85. The molecule has 1 unspecified atom stereocenters. The van der Waals surface area contributed by atoms with Gasteiger partial charge in [-0.05, 0) is 43.9 Å². The van der Waals surface area contributed by atoms with Gasteiger partial charge in [0, 0.05) is 12.6 Å². The Morgan fingerprint density at radius 3 is 2.83 bits per heavy atom. The molecular formula is C15H23NO2. The molecule has 2 rings (SSSR count). The van der Waals surface area contributed by atoms with E-state index in [0.717, 1.165) is 11.3 Å². The second-order valence-electron chi connectivity index (χ2n) is 5.27. The van der Waals surface area contributed by atoms with E-state index in [9.17, 15) is 5.11 Å². The van der Waals surface area contributed by atoms with E-state index in [1.807, 2.05) is 26.0 Å². The molecule has 1 aliphatic carbocycles. The molecule has 0 heterocycles. The first-order valence-electron chi connectivity index (χ1n) is 6.76. The van der Waals surface area contributed by atoms with Crippen LogP contribution in [0.5, 0.6) is 5.75 Å². The van der Waals surface area contributed by atoms with Crippen molar-refractivity contribution in [1.29, 1.82) is 0 Å². The minimum atomic E-state index is -0.439. The Kier molecular flexibility index (Phi) is 4.61. The summed E-state index contributed by atoms with van der Waals surface area (Å²) in [5.41, 5.74) is 2.29. The number of aryl methyl sites for hydroxylation is 2. The largest absolute Gasteiger partial charge is 0.491 e. The standard InChI is InChI=1S/C15H23NO2/c1-11-6-7-12(2)15(8-11)18-10-14(17)9-16-13-4-3-5-13/h6-8,13-14,16-17H,3-5,9-10H2,1-2H3. The number of hydrogen-bond donors (Lipinski definition) is 2. The first-order valence-corrected chi connectivity index (χ1v) is 6.76. The van der Waals surface area contributed by atoms with Gasteiger partial charge in [-0.1, -0.05) is 18.6 Å². The summed E-state index contributed by atoms with van der Waals surface area (Å²) in [6.07, 6.45) is 3.35. The van der Waals surface area contributed by atoms with Crippen molar-refractivity contribution in [3.05, 3.63) is 29.3 Å². The van der Waals surface area contributed by atoms with Gasteiger partial charge in [0.25, 0.3) is 0 Å². The molecular weight excluding hydrogens is 226 g/mol. The SMILES string of the molecule is Cc1ccc(C)c(OCC(O)CNC2CCC2)c1. The lowest BCUT2D eigenvalue weighted by Gasteiger charge is -2.27. The fraction of sp³-hybridized carbons (Fsp3) is 0.600. The van der Waals surface area contributed by atoms with Crippen LogP contribution in [0.15, 0.2) is 18.2 Å². The first kappa shape index (κ1) is 13.4. The van der Waals surface area contributed by atoms with Crippen molar-refractivity contribution < 1.29 is 9.84 Å². The summed E-state index contributed by atoms with van der Waals surface area (Å²) < 4.78 is 5.67. The molecule has 0 saturated heterocycles. The molecule has 1 aliphatic rings. The van der Waals surface area contributed by atoms with Crippen LogP contribution in [0.3, 0.4) is 0 Å². The fourth-order valence-electron chi connectivity index (χ4n) is 2.02. The van der Waals surface area contributed by atoms with Crippen molar-refractivity contribution in [3.8, 4) is 5.75 Å². The van der Waals surface area contributed by atoms with Crippen molar-refractivity contribution in [2.75, 3.05) is 13.2 Å². The van der Waals surface area contributed by atoms with Crippen LogP contribution in [0.2, 0.25) is 0 Å². The number of rotatable bonds is 6. The molecule has 0 radical (unpaired) electrons. The van der Waals surface area contributed by atoms with Crippen molar-refractivity contribution in [2.24, 2.45) is 0 Å². The van der Waals surface area contributed by atoms with E-state index < -0.39 is 6.10 Å². The Labute approximate surface area is 109 Å². The molecule has 1 saturated carbocycles. The molecule has 2 N–H and O–H groups in total. The zero-order valence-electron chi connectivity index (χ0n) is 11.3. The summed E-state index contributed by atoms with van der Waals surface area (Å²) in [4.78, 5) is 0. The van der Waals surface area contributed by atoms with Crippen LogP contribution in [0.1, 0.15) is 30.4 Å². The number of aliphatic hydroxyl groups excluding tert-OH is 1. The third-order valence-corrected chi connectivity index (χ3v) is 3.52. The molecule has 3 nitrogen and oxygen atoms in total. The first-order chi connectivity index (χ1) is 8.65. The molecule has 1 fully saturated rings. The Hall–Kier alpha value is -1.06. The van der Waals surface area contributed by atoms with Crippen LogP contribution in [0, 0.1) is 13.8 Å². The quantitative estimate of drug-likeness (QED) is 0.812. The molecule has 3 heteroatoms. The van der Waals surface area contributed by atoms with Crippen LogP contribution in [0.25, 0.3) is 0 Å².